The van der Waals surface area contributed by atoms with Gasteiger partial charge in [0.25, 0.3) is 0 Å². The molecule has 20 heavy (non-hydrogen) atoms. The minimum absolute atomic E-state index is 0.138. The van der Waals surface area contributed by atoms with Gasteiger partial charge in [-0.05, 0) is 37.8 Å². The topological polar surface area (TPSA) is 40.5 Å². The molecule has 0 radical (unpaired) electrons. The smallest absolute Gasteiger partial charge is 0.222 e. The standard InChI is InChI=1S/C17H25NO2/c1-13-6-4-5-7-15(13)8-9-16(19)18-11-10-17(3,20)14(2)12-18/h4-7,14,20H,8-12H2,1-3H3/t14-,17+/m1/s1. The Morgan fingerprint density at radius 3 is 2.80 bits per heavy atom. The van der Waals surface area contributed by atoms with Gasteiger partial charge >= 0.3 is 0 Å². The zero-order valence-electron chi connectivity index (χ0n) is 12.7. The molecule has 2 atom stereocenters. The van der Waals surface area contributed by atoms with E-state index in [-0.39, 0.29) is 11.8 Å². The van der Waals surface area contributed by atoms with Crippen LogP contribution in [0.1, 0.15) is 37.8 Å². The molecule has 1 N–H and O–H groups in total. The molecule has 3 nitrogen and oxygen atoms in total. The first kappa shape index (κ1) is 15.0. The fraction of sp³-hybridized carbons (Fsp3) is 0.588. The quantitative estimate of drug-likeness (QED) is 0.921. The fourth-order valence-electron chi connectivity index (χ4n) is 2.74. The number of aryl methyl sites for hydroxylation is 2. The number of aliphatic hydroxyl groups is 1. The van der Waals surface area contributed by atoms with Crippen LogP contribution >= 0.6 is 0 Å². The van der Waals surface area contributed by atoms with Crippen molar-refractivity contribution in [2.24, 2.45) is 5.92 Å². The molecule has 1 fully saturated rings. The summed E-state index contributed by atoms with van der Waals surface area (Å²) in [6.45, 7) is 7.30. The normalized spacial score (nSPS) is 26.6. The number of piperidine rings is 1. The van der Waals surface area contributed by atoms with E-state index in [1.54, 1.807) is 0 Å². The molecule has 1 aromatic carbocycles. The third kappa shape index (κ3) is 3.40. The van der Waals surface area contributed by atoms with Crippen molar-refractivity contribution in [3.63, 3.8) is 0 Å². The highest BCUT2D eigenvalue weighted by atomic mass is 16.3. The minimum Gasteiger partial charge on any atom is -0.390 e. The van der Waals surface area contributed by atoms with E-state index < -0.39 is 5.60 Å². The van der Waals surface area contributed by atoms with E-state index in [2.05, 4.69) is 19.1 Å². The first-order chi connectivity index (χ1) is 9.40. The summed E-state index contributed by atoms with van der Waals surface area (Å²) in [6, 6.07) is 8.22. The third-order valence-electron chi connectivity index (χ3n) is 4.67. The molecule has 1 aliphatic heterocycles. The molecular formula is C17H25NO2. The molecule has 0 spiro atoms. The van der Waals surface area contributed by atoms with Crippen molar-refractivity contribution >= 4 is 5.91 Å². The summed E-state index contributed by atoms with van der Waals surface area (Å²) in [5, 5.41) is 10.1. The minimum atomic E-state index is -0.632. The lowest BCUT2D eigenvalue weighted by atomic mass is 9.84. The van der Waals surface area contributed by atoms with Crippen LogP contribution in [0.5, 0.6) is 0 Å². The van der Waals surface area contributed by atoms with Gasteiger partial charge in [0.05, 0.1) is 5.60 Å². The largest absolute Gasteiger partial charge is 0.390 e. The predicted octanol–water partition coefficient (Wildman–Crippen LogP) is 2.55. The van der Waals surface area contributed by atoms with Crippen LogP contribution in [0.4, 0.5) is 0 Å². The summed E-state index contributed by atoms with van der Waals surface area (Å²) in [5.41, 5.74) is 1.86. The summed E-state index contributed by atoms with van der Waals surface area (Å²) in [6.07, 6.45) is 2.02. The molecule has 1 aliphatic rings. The highest BCUT2D eigenvalue weighted by molar-refractivity contribution is 5.76. The SMILES string of the molecule is Cc1ccccc1CCC(=O)N1CC[C@](C)(O)[C@H](C)C1. The van der Waals surface area contributed by atoms with E-state index in [4.69, 9.17) is 0 Å². The number of carbonyl (C=O) groups excluding carboxylic acids is 1. The number of nitrogens with zero attached hydrogens (tertiary/aromatic N) is 1. The molecule has 2 rings (SSSR count). The molecular weight excluding hydrogens is 250 g/mol. The Balaban J connectivity index is 1.89. The lowest BCUT2D eigenvalue weighted by molar-refractivity contribution is -0.138. The number of benzene rings is 1. The Bertz CT molecular complexity index is 482. The second kappa shape index (κ2) is 5.96. The van der Waals surface area contributed by atoms with Crippen LogP contribution in [0.15, 0.2) is 24.3 Å². The first-order valence-corrected chi connectivity index (χ1v) is 7.45. The molecule has 0 unspecified atom stereocenters. The number of carbonyl (C=O) groups is 1. The summed E-state index contributed by atoms with van der Waals surface area (Å²) < 4.78 is 0. The summed E-state index contributed by atoms with van der Waals surface area (Å²) >= 11 is 0. The highest BCUT2D eigenvalue weighted by Gasteiger charge is 2.35. The Hall–Kier alpha value is -1.35. The maximum Gasteiger partial charge on any atom is 0.222 e. The molecule has 3 heteroatoms. The van der Waals surface area contributed by atoms with Gasteiger partial charge in [-0.15, -0.1) is 0 Å². The van der Waals surface area contributed by atoms with Crippen molar-refractivity contribution in [3.05, 3.63) is 35.4 Å². The van der Waals surface area contributed by atoms with Crippen LogP contribution in [0.3, 0.4) is 0 Å². The average molecular weight is 275 g/mol. The van der Waals surface area contributed by atoms with Gasteiger partial charge in [0.15, 0.2) is 0 Å². The van der Waals surface area contributed by atoms with E-state index in [9.17, 15) is 9.90 Å². The number of amides is 1. The maximum atomic E-state index is 12.3. The number of rotatable bonds is 3. The number of likely N-dealkylation sites (tertiary alicyclic amines) is 1. The van der Waals surface area contributed by atoms with Crippen LogP contribution in [0.2, 0.25) is 0 Å². The monoisotopic (exact) mass is 275 g/mol. The summed E-state index contributed by atoms with van der Waals surface area (Å²) in [7, 11) is 0. The van der Waals surface area contributed by atoms with Crippen LogP contribution < -0.4 is 0 Å². The van der Waals surface area contributed by atoms with Gasteiger partial charge in [0.2, 0.25) is 5.91 Å². The highest BCUT2D eigenvalue weighted by Crippen LogP contribution is 2.27. The molecule has 0 aliphatic carbocycles. The van der Waals surface area contributed by atoms with E-state index in [0.29, 0.717) is 25.9 Å². The lowest BCUT2D eigenvalue weighted by Crippen LogP contribution is -2.50. The van der Waals surface area contributed by atoms with E-state index in [0.717, 1.165) is 6.42 Å². The van der Waals surface area contributed by atoms with Crippen molar-refractivity contribution in [3.8, 4) is 0 Å². The van der Waals surface area contributed by atoms with Crippen LogP contribution in [0, 0.1) is 12.8 Å². The van der Waals surface area contributed by atoms with Crippen molar-refractivity contribution in [2.75, 3.05) is 13.1 Å². The second-order valence-electron chi connectivity index (χ2n) is 6.27. The van der Waals surface area contributed by atoms with Gasteiger partial charge in [-0.1, -0.05) is 31.2 Å². The van der Waals surface area contributed by atoms with Crippen LogP contribution in [0.25, 0.3) is 0 Å². The van der Waals surface area contributed by atoms with E-state index in [1.807, 2.05) is 30.9 Å². The molecule has 1 aromatic rings. The molecule has 0 saturated carbocycles. The predicted molar refractivity (Wildman–Crippen MR) is 80.5 cm³/mol. The Labute approximate surface area is 121 Å². The van der Waals surface area contributed by atoms with E-state index >= 15 is 0 Å². The van der Waals surface area contributed by atoms with Crippen molar-refractivity contribution < 1.29 is 9.90 Å². The Morgan fingerprint density at radius 2 is 2.15 bits per heavy atom. The average Bonchev–Trinajstić information content (AvgIpc) is 2.40. The lowest BCUT2D eigenvalue weighted by Gasteiger charge is -2.41. The van der Waals surface area contributed by atoms with Gasteiger partial charge in [-0.25, -0.2) is 0 Å². The Morgan fingerprint density at radius 1 is 1.45 bits per heavy atom. The molecule has 0 aromatic heterocycles. The van der Waals surface area contributed by atoms with Crippen LogP contribution in [-0.4, -0.2) is 34.6 Å². The fourth-order valence-corrected chi connectivity index (χ4v) is 2.74. The molecule has 110 valence electrons. The zero-order chi connectivity index (χ0) is 14.8. The number of hydrogen-bond acceptors (Lipinski definition) is 2. The molecule has 1 saturated heterocycles. The van der Waals surface area contributed by atoms with Gasteiger partial charge < -0.3 is 10.0 Å². The summed E-state index contributed by atoms with van der Waals surface area (Å²) in [4.78, 5) is 14.2. The molecule has 0 bridgehead atoms. The summed E-state index contributed by atoms with van der Waals surface area (Å²) in [5.74, 6) is 0.342. The second-order valence-corrected chi connectivity index (χ2v) is 6.27. The first-order valence-electron chi connectivity index (χ1n) is 7.45. The zero-order valence-corrected chi connectivity index (χ0v) is 12.7. The van der Waals surface area contributed by atoms with Gasteiger partial charge in [-0.2, -0.15) is 0 Å². The maximum absolute atomic E-state index is 12.3. The molecule has 1 amide bonds. The Kier molecular flexibility index (Phi) is 4.48. The van der Waals surface area contributed by atoms with E-state index in [1.165, 1.54) is 11.1 Å². The third-order valence-corrected chi connectivity index (χ3v) is 4.67. The van der Waals surface area contributed by atoms with Crippen LogP contribution in [-0.2, 0) is 11.2 Å². The number of hydrogen-bond donors (Lipinski definition) is 1. The van der Waals surface area contributed by atoms with Crippen molar-refractivity contribution in [1.82, 2.24) is 4.90 Å². The van der Waals surface area contributed by atoms with Gasteiger partial charge in [0.1, 0.15) is 0 Å². The van der Waals surface area contributed by atoms with Crippen molar-refractivity contribution in [2.45, 2.75) is 45.6 Å². The van der Waals surface area contributed by atoms with Gasteiger partial charge in [-0.3, -0.25) is 4.79 Å². The van der Waals surface area contributed by atoms with Crippen molar-refractivity contribution in [1.29, 1.82) is 0 Å². The molecule has 1 heterocycles. The van der Waals surface area contributed by atoms with Gasteiger partial charge in [0, 0.05) is 25.4 Å².